The number of nitrogens with one attached hydrogen (secondary N) is 1. The quantitative estimate of drug-likeness (QED) is 0.305. The van der Waals surface area contributed by atoms with Crippen LogP contribution in [0.5, 0.6) is 5.75 Å². The molecule has 1 aromatic carbocycles. The number of imidazole rings is 1. The van der Waals surface area contributed by atoms with Gasteiger partial charge in [-0.15, -0.1) is 0 Å². The molecule has 0 spiro atoms. The summed E-state index contributed by atoms with van der Waals surface area (Å²) < 4.78 is 13.7. The Labute approximate surface area is 234 Å². The van der Waals surface area contributed by atoms with Gasteiger partial charge in [-0.25, -0.2) is 4.98 Å². The van der Waals surface area contributed by atoms with Gasteiger partial charge in [0.25, 0.3) is 5.91 Å². The number of likely N-dealkylation sites (tertiary alicyclic amines) is 1. The zero-order valence-corrected chi connectivity index (χ0v) is 23.5. The second-order valence-corrected chi connectivity index (χ2v) is 11.4. The minimum atomic E-state index is -0.306. The number of benzene rings is 1. The van der Waals surface area contributed by atoms with Crippen LogP contribution in [-0.4, -0.2) is 56.5 Å². The predicted octanol–water partition coefficient (Wildman–Crippen LogP) is 5.66. The van der Waals surface area contributed by atoms with Crippen LogP contribution in [0.2, 0.25) is 5.02 Å². The first-order chi connectivity index (χ1) is 18.8. The van der Waals surface area contributed by atoms with Gasteiger partial charge < -0.3 is 18.9 Å². The summed E-state index contributed by atoms with van der Waals surface area (Å²) in [7, 11) is 0.476. The molecule has 4 heterocycles. The van der Waals surface area contributed by atoms with Crippen molar-refractivity contribution in [1.29, 1.82) is 0 Å². The molecule has 0 radical (unpaired) electrons. The molecule has 2 saturated heterocycles. The first-order valence-corrected chi connectivity index (χ1v) is 14.6. The Bertz CT molecular complexity index is 1440. The molecule has 3 atom stereocenters. The van der Waals surface area contributed by atoms with E-state index in [1.165, 1.54) is 6.08 Å². The number of carbonyl (C=O) groups excluding carboxylic acids is 2. The van der Waals surface area contributed by atoms with Crippen LogP contribution in [0.4, 0.5) is 5.95 Å². The maximum Gasteiger partial charge on any atom is 0.258 e. The number of halogens is 1. The zero-order chi connectivity index (χ0) is 27.5. The Morgan fingerprint density at radius 1 is 1.31 bits per heavy atom. The summed E-state index contributed by atoms with van der Waals surface area (Å²) >= 11 is 6.89. The maximum atomic E-state index is 13.3. The molecule has 0 aliphatic carbocycles. The van der Waals surface area contributed by atoms with Gasteiger partial charge in [0.2, 0.25) is 11.9 Å². The van der Waals surface area contributed by atoms with Crippen LogP contribution < -0.4 is 10.1 Å². The molecule has 2 fully saturated rings. The number of hydrogen-bond donors (Lipinski definition) is 1. The number of anilines is 1. The lowest BCUT2D eigenvalue weighted by Crippen LogP contribution is -2.34. The number of carbonyl (C=O) groups is 2. The van der Waals surface area contributed by atoms with Crippen molar-refractivity contribution >= 4 is 49.0 Å². The van der Waals surface area contributed by atoms with E-state index in [1.54, 1.807) is 29.3 Å². The number of aromatic nitrogens is 3. The predicted molar refractivity (Wildman–Crippen MR) is 154 cm³/mol. The number of hydrogen-bond acceptors (Lipinski definition) is 6. The molecule has 204 valence electrons. The fourth-order valence-electron chi connectivity index (χ4n) is 5.01. The molecule has 2 aliphatic rings. The third-order valence-corrected chi connectivity index (χ3v) is 8.25. The van der Waals surface area contributed by atoms with E-state index < -0.39 is 0 Å². The number of fused-ring (bicyclic) bond motifs is 1. The smallest absolute Gasteiger partial charge is 0.258 e. The van der Waals surface area contributed by atoms with Crippen molar-refractivity contribution in [2.24, 2.45) is 0 Å². The van der Waals surface area contributed by atoms with Gasteiger partial charge in [-0.05, 0) is 53.0 Å². The van der Waals surface area contributed by atoms with Crippen LogP contribution in [0.3, 0.4) is 0 Å². The number of rotatable bonds is 6. The van der Waals surface area contributed by atoms with Crippen molar-refractivity contribution in [3.63, 3.8) is 0 Å². The number of ether oxygens (including phenoxy) is 2. The Hall–Kier alpha value is -3.42. The Morgan fingerprint density at radius 2 is 2.15 bits per heavy atom. The van der Waals surface area contributed by atoms with Crippen LogP contribution in [0.1, 0.15) is 47.8 Å². The van der Waals surface area contributed by atoms with E-state index in [-0.39, 0.29) is 23.7 Å². The van der Waals surface area contributed by atoms with Gasteiger partial charge in [-0.2, -0.15) is 0 Å². The molecule has 2 amide bonds. The molecule has 0 bridgehead atoms. The Balaban J connectivity index is 1.55. The van der Waals surface area contributed by atoms with Gasteiger partial charge >= 0.3 is 0 Å². The average molecular weight is 568 g/mol. The Kier molecular flexibility index (Phi) is 8.19. The lowest BCUT2D eigenvalue weighted by Gasteiger charge is -2.26. The molecule has 11 heteroatoms. The molecule has 3 aromatic rings. The standard InChI is InChI=1S/C28H31ClN5O4P/c1-4-24(35)33-10-6-5-7-20(15-33)34-26-22(29)13-21(38-25-12-18(3)37-16-39-25)14-23(26)31-28(34)32-27(36)19-8-9-30-17(2)11-19/h4,8-9,11,13-14,20,25,39H,1,3,5-7,10,12,15-16H2,2H3,(H,31,32,36)/t20-,25+/m1/s1. The van der Waals surface area contributed by atoms with Crippen molar-refractivity contribution < 1.29 is 19.1 Å². The lowest BCUT2D eigenvalue weighted by atomic mass is 10.1. The van der Waals surface area contributed by atoms with E-state index in [4.69, 9.17) is 26.1 Å². The average Bonchev–Trinajstić information content (AvgIpc) is 3.09. The molecule has 5 rings (SSSR count). The summed E-state index contributed by atoms with van der Waals surface area (Å²) in [6.07, 6.45) is 6.72. The number of amides is 2. The highest BCUT2D eigenvalue weighted by molar-refractivity contribution is 7.38. The minimum absolute atomic E-state index is 0.0451. The highest BCUT2D eigenvalue weighted by Gasteiger charge is 2.28. The van der Waals surface area contributed by atoms with Gasteiger partial charge in [0.1, 0.15) is 17.9 Å². The van der Waals surface area contributed by atoms with Gasteiger partial charge in [-0.1, -0.05) is 24.8 Å². The summed E-state index contributed by atoms with van der Waals surface area (Å²) in [4.78, 5) is 36.6. The summed E-state index contributed by atoms with van der Waals surface area (Å²) in [6, 6.07) is 6.86. The fraction of sp³-hybridized carbons (Fsp3) is 0.357. The Morgan fingerprint density at radius 3 is 2.92 bits per heavy atom. The monoisotopic (exact) mass is 567 g/mol. The summed E-state index contributed by atoms with van der Waals surface area (Å²) in [5.41, 5.74) is 2.49. The second kappa shape index (κ2) is 11.8. The minimum Gasteiger partial charge on any atom is -0.494 e. The number of aryl methyl sites for hydroxylation is 1. The number of pyridine rings is 1. The molecule has 2 aliphatic heterocycles. The highest BCUT2D eigenvalue weighted by atomic mass is 35.5. The van der Waals surface area contributed by atoms with E-state index in [0.29, 0.717) is 73.5 Å². The molecule has 1 N–H and O–H groups in total. The molecule has 39 heavy (non-hydrogen) atoms. The van der Waals surface area contributed by atoms with E-state index in [1.807, 2.05) is 17.6 Å². The van der Waals surface area contributed by atoms with E-state index in [2.05, 4.69) is 23.5 Å². The third kappa shape index (κ3) is 6.10. The van der Waals surface area contributed by atoms with Crippen molar-refractivity contribution in [3.05, 3.63) is 71.7 Å². The maximum absolute atomic E-state index is 13.3. The molecular weight excluding hydrogens is 537 g/mol. The highest BCUT2D eigenvalue weighted by Crippen LogP contribution is 2.39. The van der Waals surface area contributed by atoms with Gasteiger partial charge in [0.05, 0.1) is 27.9 Å². The SMILES string of the molecule is C=CC(=O)N1CCCC[C@@H](n2c(NC(=O)c3ccnc(C)c3)nc3cc(O[C@@H]4CC(=C)OCP4)cc(Cl)c32)C1. The topological polar surface area (TPSA) is 98.6 Å². The first kappa shape index (κ1) is 27.2. The van der Waals surface area contributed by atoms with E-state index in [9.17, 15) is 9.59 Å². The van der Waals surface area contributed by atoms with Gasteiger partial charge in [0, 0.05) is 49.1 Å². The fourth-order valence-corrected chi connectivity index (χ4v) is 6.37. The van der Waals surface area contributed by atoms with Crippen LogP contribution in [-0.2, 0) is 9.53 Å². The molecule has 1 unspecified atom stereocenters. The molecule has 9 nitrogen and oxygen atoms in total. The summed E-state index contributed by atoms with van der Waals surface area (Å²) in [5, 5.41) is 3.44. The number of nitrogens with zero attached hydrogens (tertiary/aromatic N) is 4. The van der Waals surface area contributed by atoms with Crippen molar-refractivity contribution in [3.8, 4) is 5.75 Å². The molecule has 0 saturated carbocycles. The van der Waals surface area contributed by atoms with Crippen LogP contribution >= 0.6 is 20.2 Å². The first-order valence-electron chi connectivity index (χ1n) is 12.9. The third-order valence-electron chi connectivity index (χ3n) is 6.87. The van der Waals surface area contributed by atoms with Crippen molar-refractivity contribution in [1.82, 2.24) is 19.4 Å². The zero-order valence-electron chi connectivity index (χ0n) is 21.8. The molecular formula is C28H31ClN5O4P. The van der Waals surface area contributed by atoms with Crippen LogP contribution in [0, 0.1) is 6.92 Å². The van der Waals surface area contributed by atoms with E-state index >= 15 is 0 Å². The van der Waals surface area contributed by atoms with E-state index in [0.717, 1.165) is 25.0 Å². The normalized spacial score (nSPS) is 20.4. The van der Waals surface area contributed by atoms with Crippen LogP contribution in [0.25, 0.3) is 11.0 Å². The second-order valence-electron chi connectivity index (χ2n) is 9.70. The van der Waals surface area contributed by atoms with Crippen molar-refractivity contribution in [2.45, 2.75) is 44.5 Å². The van der Waals surface area contributed by atoms with Gasteiger partial charge in [-0.3, -0.25) is 19.9 Å². The van der Waals surface area contributed by atoms with Crippen molar-refractivity contribution in [2.75, 3.05) is 24.8 Å². The van der Waals surface area contributed by atoms with Crippen LogP contribution in [0.15, 0.2) is 55.5 Å². The van der Waals surface area contributed by atoms with Gasteiger partial charge in [0.15, 0.2) is 0 Å². The summed E-state index contributed by atoms with van der Waals surface area (Å²) in [5.74, 6) is 1.19. The lowest BCUT2D eigenvalue weighted by molar-refractivity contribution is -0.126. The molecule has 2 aromatic heterocycles. The summed E-state index contributed by atoms with van der Waals surface area (Å²) in [6.45, 7) is 10.5. The largest absolute Gasteiger partial charge is 0.494 e.